The molecule has 1 heterocycles. The van der Waals surface area contributed by atoms with Crippen LogP contribution in [0, 0.1) is 10.1 Å². The first kappa shape index (κ1) is 15.5. The van der Waals surface area contributed by atoms with Gasteiger partial charge in [0.2, 0.25) is 12.3 Å². The Hall–Kier alpha value is -2.56. The van der Waals surface area contributed by atoms with Crippen LogP contribution in [0.1, 0.15) is 6.92 Å². The Balaban J connectivity index is 2.66. The van der Waals surface area contributed by atoms with Crippen LogP contribution in [-0.2, 0) is 14.3 Å². The number of carbonyl (C=O) groups excluding carboxylic acids is 3. The number of rotatable bonds is 6. The molecule has 1 rings (SSSR count). The van der Waals surface area contributed by atoms with E-state index in [0.717, 1.165) is 11.1 Å². The van der Waals surface area contributed by atoms with Gasteiger partial charge in [-0.2, -0.15) is 0 Å². The molecule has 20 heavy (non-hydrogen) atoms. The lowest BCUT2D eigenvalue weighted by Crippen LogP contribution is -2.39. The predicted octanol–water partition coefficient (Wildman–Crippen LogP) is 0.287. The molecule has 108 valence electrons. The highest BCUT2D eigenvalue weighted by molar-refractivity contribution is 7.18. The molecular weight excluding hydrogens is 292 g/mol. The quantitative estimate of drug-likeness (QED) is 0.453. The highest BCUT2D eigenvalue weighted by Crippen LogP contribution is 2.27. The SMILES string of the molecule is CCOC(=O)NC(=O)CN(C=O)c1ncc([N+](=O)[O-])s1. The Morgan fingerprint density at radius 2 is 2.35 bits per heavy atom. The molecular formula is C9H10N4O6S. The molecule has 0 spiro atoms. The minimum atomic E-state index is -0.937. The van der Waals surface area contributed by atoms with Crippen molar-refractivity contribution in [2.45, 2.75) is 6.92 Å². The Bertz CT molecular complexity index is 530. The second-order valence-corrected chi connectivity index (χ2v) is 4.23. The normalized spacial score (nSPS) is 9.65. The zero-order valence-electron chi connectivity index (χ0n) is 10.3. The topological polar surface area (TPSA) is 132 Å². The van der Waals surface area contributed by atoms with E-state index in [2.05, 4.69) is 9.72 Å². The summed E-state index contributed by atoms with van der Waals surface area (Å²) < 4.78 is 4.49. The largest absolute Gasteiger partial charge is 0.450 e. The van der Waals surface area contributed by atoms with E-state index in [1.54, 1.807) is 6.92 Å². The van der Waals surface area contributed by atoms with Gasteiger partial charge >= 0.3 is 11.1 Å². The van der Waals surface area contributed by atoms with Crippen LogP contribution in [-0.4, -0.2) is 41.5 Å². The van der Waals surface area contributed by atoms with E-state index in [9.17, 15) is 24.5 Å². The lowest BCUT2D eigenvalue weighted by Gasteiger charge is -2.12. The van der Waals surface area contributed by atoms with Gasteiger partial charge in [0.05, 0.1) is 11.5 Å². The van der Waals surface area contributed by atoms with Crippen molar-refractivity contribution in [3.63, 3.8) is 0 Å². The molecule has 0 unspecified atom stereocenters. The van der Waals surface area contributed by atoms with Crippen molar-refractivity contribution in [1.29, 1.82) is 0 Å². The number of alkyl carbamates (subject to hydrolysis) is 1. The van der Waals surface area contributed by atoms with Gasteiger partial charge in [0.15, 0.2) is 5.13 Å². The lowest BCUT2D eigenvalue weighted by atomic mass is 10.5. The molecule has 11 heteroatoms. The number of carbonyl (C=O) groups is 3. The molecule has 0 aromatic carbocycles. The van der Waals surface area contributed by atoms with Crippen LogP contribution < -0.4 is 10.2 Å². The van der Waals surface area contributed by atoms with E-state index in [1.807, 2.05) is 5.32 Å². The Kier molecular flexibility index (Phi) is 5.53. The molecule has 0 fully saturated rings. The van der Waals surface area contributed by atoms with Gasteiger partial charge in [0, 0.05) is 0 Å². The smallest absolute Gasteiger partial charge is 0.413 e. The average molecular weight is 302 g/mol. The number of nitro groups is 1. The summed E-state index contributed by atoms with van der Waals surface area (Å²) in [7, 11) is 0. The lowest BCUT2D eigenvalue weighted by molar-refractivity contribution is -0.380. The molecule has 0 saturated heterocycles. The Labute approximate surface area is 116 Å². The Morgan fingerprint density at radius 3 is 2.85 bits per heavy atom. The van der Waals surface area contributed by atoms with Crippen LogP contribution in [0.3, 0.4) is 0 Å². The highest BCUT2D eigenvalue weighted by atomic mass is 32.1. The van der Waals surface area contributed by atoms with Gasteiger partial charge in [-0.3, -0.25) is 29.9 Å². The molecule has 0 bridgehead atoms. The van der Waals surface area contributed by atoms with E-state index in [0.29, 0.717) is 11.3 Å². The maximum atomic E-state index is 11.4. The summed E-state index contributed by atoms with van der Waals surface area (Å²) in [4.78, 5) is 47.6. The number of imide groups is 1. The summed E-state index contributed by atoms with van der Waals surface area (Å²) >= 11 is 0.633. The first-order valence-corrected chi connectivity index (χ1v) is 6.08. The minimum absolute atomic E-state index is 0.0225. The van der Waals surface area contributed by atoms with Gasteiger partial charge in [0.1, 0.15) is 12.7 Å². The van der Waals surface area contributed by atoms with Crippen LogP contribution in [0.5, 0.6) is 0 Å². The average Bonchev–Trinajstić information content (AvgIpc) is 2.85. The highest BCUT2D eigenvalue weighted by Gasteiger charge is 2.19. The maximum absolute atomic E-state index is 11.4. The second-order valence-electron chi connectivity index (χ2n) is 3.24. The van der Waals surface area contributed by atoms with Crippen molar-refractivity contribution in [1.82, 2.24) is 10.3 Å². The molecule has 3 amide bonds. The molecule has 1 N–H and O–H groups in total. The van der Waals surface area contributed by atoms with Crippen LogP contribution in [0.4, 0.5) is 14.9 Å². The van der Waals surface area contributed by atoms with Crippen LogP contribution in [0.15, 0.2) is 6.20 Å². The number of nitrogens with zero attached hydrogens (tertiary/aromatic N) is 3. The fourth-order valence-electron chi connectivity index (χ4n) is 1.10. The third kappa shape index (κ3) is 4.28. The van der Waals surface area contributed by atoms with Crippen molar-refractivity contribution in [3.05, 3.63) is 16.3 Å². The second kappa shape index (κ2) is 7.13. The number of thiazole rings is 1. The van der Waals surface area contributed by atoms with E-state index in [4.69, 9.17) is 0 Å². The van der Waals surface area contributed by atoms with Crippen molar-refractivity contribution < 1.29 is 24.0 Å². The number of ether oxygens (including phenoxy) is 1. The predicted molar refractivity (Wildman–Crippen MR) is 67.3 cm³/mol. The van der Waals surface area contributed by atoms with Crippen molar-refractivity contribution in [2.24, 2.45) is 0 Å². The monoisotopic (exact) mass is 302 g/mol. The van der Waals surface area contributed by atoms with Gasteiger partial charge in [-0.1, -0.05) is 0 Å². The third-order valence-corrected chi connectivity index (χ3v) is 2.85. The van der Waals surface area contributed by atoms with E-state index < -0.39 is 23.5 Å². The van der Waals surface area contributed by atoms with Gasteiger partial charge in [-0.25, -0.2) is 9.78 Å². The van der Waals surface area contributed by atoms with Crippen LogP contribution >= 0.6 is 11.3 Å². The summed E-state index contributed by atoms with van der Waals surface area (Å²) in [5, 5.41) is 12.1. The van der Waals surface area contributed by atoms with Crippen molar-refractivity contribution in [3.8, 4) is 0 Å². The standard InChI is InChI=1S/C9H10N4O6S/c1-2-19-9(16)11-6(15)4-12(5-14)8-10-3-7(20-8)13(17)18/h3,5H,2,4H2,1H3,(H,11,15,16). The summed E-state index contributed by atoms with van der Waals surface area (Å²) in [5.41, 5.74) is 0. The number of hydrogen-bond donors (Lipinski definition) is 1. The first-order valence-electron chi connectivity index (χ1n) is 5.26. The molecule has 0 radical (unpaired) electrons. The maximum Gasteiger partial charge on any atom is 0.413 e. The zero-order valence-corrected chi connectivity index (χ0v) is 11.1. The van der Waals surface area contributed by atoms with Gasteiger partial charge in [-0.05, 0) is 18.3 Å². The molecule has 10 nitrogen and oxygen atoms in total. The first-order chi connectivity index (χ1) is 9.47. The Morgan fingerprint density at radius 1 is 1.65 bits per heavy atom. The number of amides is 3. The number of aromatic nitrogens is 1. The van der Waals surface area contributed by atoms with Crippen LogP contribution in [0.25, 0.3) is 0 Å². The number of anilines is 1. The van der Waals surface area contributed by atoms with Crippen LogP contribution in [0.2, 0.25) is 0 Å². The van der Waals surface area contributed by atoms with Gasteiger partial charge in [-0.15, -0.1) is 0 Å². The van der Waals surface area contributed by atoms with E-state index in [1.165, 1.54) is 0 Å². The summed E-state index contributed by atoms with van der Waals surface area (Å²) in [6.45, 7) is 1.15. The molecule has 0 atom stereocenters. The summed E-state index contributed by atoms with van der Waals surface area (Å²) in [5.74, 6) is -0.798. The third-order valence-electron chi connectivity index (χ3n) is 1.87. The van der Waals surface area contributed by atoms with Gasteiger partial charge in [0.25, 0.3) is 0 Å². The van der Waals surface area contributed by atoms with Crippen molar-refractivity contribution in [2.75, 3.05) is 18.1 Å². The van der Waals surface area contributed by atoms with Gasteiger partial charge < -0.3 is 4.74 Å². The molecule has 0 saturated carbocycles. The summed E-state index contributed by atoms with van der Waals surface area (Å²) in [6.07, 6.45) is 0.320. The number of hydrogen-bond acceptors (Lipinski definition) is 8. The molecule has 0 aliphatic heterocycles. The van der Waals surface area contributed by atoms with E-state index >= 15 is 0 Å². The molecule has 1 aromatic heterocycles. The number of nitrogens with one attached hydrogen (secondary N) is 1. The fourth-order valence-corrected chi connectivity index (χ4v) is 1.80. The van der Waals surface area contributed by atoms with E-state index in [-0.39, 0.29) is 23.1 Å². The molecule has 0 aliphatic rings. The zero-order chi connectivity index (χ0) is 15.1. The summed E-state index contributed by atoms with van der Waals surface area (Å²) in [6, 6.07) is 0. The fraction of sp³-hybridized carbons (Fsp3) is 0.333. The molecule has 0 aliphatic carbocycles. The molecule has 1 aromatic rings. The van der Waals surface area contributed by atoms with Crippen molar-refractivity contribution >= 4 is 39.9 Å². The minimum Gasteiger partial charge on any atom is -0.450 e.